The molecule has 0 aromatic rings. The molecule has 2 N–H and O–H groups in total. The standard InChI is InChI=1S/C14H27NO2/c1-15(11-14(17)8-4-5-9-14)10-12-6-2-3-7-13(12)16/h12-13,16-17H,2-11H2,1H3. The summed E-state index contributed by atoms with van der Waals surface area (Å²) in [6.45, 7) is 1.71. The molecule has 0 spiro atoms. The Morgan fingerprint density at radius 3 is 2.41 bits per heavy atom. The molecule has 0 aromatic heterocycles. The number of hydrogen-bond acceptors (Lipinski definition) is 3. The van der Waals surface area contributed by atoms with Crippen LogP contribution in [0.4, 0.5) is 0 Å². The summed E-state index contributed by atoms with van der Waals surface area (Å²) in [5, 5.41) is 20.3. The molecule has 3 nitrogen and oxygen atoms in total. The smallest absolute Gasteiger partial charge is 0.0774 e. The number of aliphatic hydroxyl groups excluding tert-OH is 1. The van der Waals surface area contributed by atoms with E-state index in [4.69, 9.17) is 0 Å². The third kappa shape index (κ3) is 3.67. The van der Waals surface area contributed by atoms with Crippen molar-refractivity contribution in [3.05, 3.63) is 0 Å². The van der Waals surface area contributed by atoms with Crippen molar-refractivity contribution >= 4 is 0 Å². The van der Waals surface area contributed by atoms with Crippen LogP contribution in [0.25, 0.3) is 0 Å². The highest BCUT2D eigenvalue weighted by Gasteiger charge is 2.33. The fraction of sp³-hybridized carbons (Fsp3) is 1.00. The van der Waals surface area contributed by atoms with Gasteiger partial charge in [0, 0.05) is 13.1 Å². The molecule has 0 aliphatic heterocycles. The summed E-state index contributed by atoms with van der Waals surface area (Å²) in [5.41, 5.74) is -0.450. The molecule has 0 aromatic carbocycles. The van der Waals surface area contributed by atoms with Gasteiger partial charge in [-0.15, -0.1) is 0 Å². The van der Waals surface area contributed by atoms with E-state index < -0.39 is 5.60 Å². The van der Waals surface area contributed by atoms with Crippen molar-refractivity contribution in [1.29, 1.82) is 0 Å². The topological polar surface area (TPSA) is 43.7 Å². The van der Waals surface area contributed by atoms with Crippen molar-refractivity contribution < 1.29 is 10.2 Å². The van der Waals surface area contributed by atoms with Crippen LogP contribution in [0.3, 0.4) is 0 Å². The maximum Gasteiger partial charge on any atom is 0.0774 e. The summed E-state index contributed by atoms with van der Waals surface area (Å²) in [7, 11) is 2.08. The minimum absolute atomic E-state index is 0.121. The molecule has 2 fully saturated rings. The summed E-state index contributed by atoms with van der Waals surface area (Å²) in [5.74, 6) is 0.416. The molecule has 17 heavy (non-hydrogen) atoms. The van der Waals surface area contributed by atoms with Gasteiger partial charge in [-0.05, 0) is 38.6 Å². The van der Waals surface area contributed by atoms with Gasteiger partial charge in [0.05, 0.1) is 11.7 Å². The Bertz CT molecular complexity index is 238. The van der Waals surface area contributed by atoms with Crippen LogP contribution in [0.15, 0.2) is 0 Å². The van der Waals surface area contributed by atoms with Crippen LogP contribution in [0, 0.1) is 5.92 Å². The number of nitrogens with zero attached hydrogens (tertiary/aromatic N) is 1. The van der Waals surface area contributed by atoms with Gasteiger partial charge in [0.25, 0.3) is 0 Å². The molecule has 3 heteroatoms. The van der Waals surface area contributed by atoms with Crippen LogP contribution in [-0.2, 0) is 0 Å². The van der Waals surface area contributed by atoms with Gasteiger partial charge in [0.15, 0.2) is 0 Å². The van der Waals surface area contributed by atoms with Crippen LogP contribution in [0.2, 0.25) is 0 Å². The molecule has 2 saturated carbocycles. The monoisotopic (exact) mass is 241 g/mol. The van der Waals surface area contributed by atoms with Crippen LogP contribution >= 0.6 is 0 Å². The summed E-state index contributed by atoms with van der Waals surface area (Å²) in [6.07, 6.45) is 8.63. The van der Waals surface area contributed by atoms with E-state index in [0.717, 1.165) is 51.6 Å². The van der Waals surface area contributed by atoms with Crippen molar-refractivity contribution in [3.63, 3.8) is 0 Å². The maximum atomic E-state index is 10.4. The van der Waals surface area contributed by atoms with Crippen LogP contribution < -0.4 is 0 Å². The van der Waals surface area contributed by atoms with E-state index in [1.807, 2.05) is 0 Å². The fourth-order valence-electron chi connectivity index (χ4n) is 3.56. The lowest BCUT2D eigenvalue weighted by atomic mass is 9.86. The van der Waals surface area contributed by atoms with E-state index in [9.17, 15) is 10.2 Å². The van der Waals surface area contributed by atoms with E-state index in [2.05, 4.69) is 11.9 Å². The third-order valence-corrected chi connectivity index (χ3v) is 4.51. The zero-order chi connectivity index (χ0) is 12.3. The minimum atomic E-state index is -0.450. The van der Waals surface area contributed by atoms with E-state index in [-0.39, 0.29) is 6.10 Å². The van der Waals surface area contributed by atoms with Gasteiger partial charge >= 0.3 is 0 Å². The molecule has 0 amide bonds. The Morgan fingerprint density at radius 2 is 1.76 bits per heavy atom. The van der Waals surface area contributed by atoms with E-state index >= 15 is 0 Å². The SMILES string of the molecule is CN(CC1CCCCC1O)CC1(O)CCCC1. The molecule has 2 unspecified atom stereocenters. The lowest BCUT2D eigenvalue weighted by Gasteiger charge is -2.34. The first kappa shape index (κ1) is 13.3. The lowest BCUT2D eigenvalue weighted by Crippen LogP contribution is -2.43. The van der Waals surface area contributed by atoms with Gasteiger partial charge in [-0.25, -0.2) is 0 Å². The molecule has 2 atom stereocenters. The molecule has 2 rings (SSSR count). The van der Waals surface area contributed by atoms with E-state index in [1.165, 1.54) is 12.8 Å². The number of likely N-dealkylation sites (N-methyl/N-ethyl adjacent to an activating group) is 1. The van der Waals surface area contributed by atoms with Gasteiger partial charge < -0.3 is 15.1 Å². The third-order valence-electron chi connectivity index (χ3n) is 4.51. The summed E-state index contributed by atoms with van der Waals surface area (Å²) >= 11 is 0. The predicted molar refractivity (Wildman–Crippen MR) is 68.9 cm³/mol. The van der Waals surface area contributed by atoms with E-state index in [1.54, 1.807) is 0 Å². The molecule has 0 saturated heterocycles. The second-order valence-corrected chi connectivity index (χ2v) is 6.24. The predicted octanol–water partition coefficient (Wildman–Crippen LogP) is 1.77. The average Bonchev–Trinajstić information content (AvgIpc) is 2.68. The first-order valence-electron chi connectivity index (χ1n) is 7.18. The molecule has 2 aliphatic carbocycles. The minimum Gasteiger partial charge on any atom is -0.393 e. The van der Waals surface area contributed by atoms with Crippen LogP contribution in [0.5, 0.6) is 0 Å². The number of hydrogen-bond donors (Lipinski definition) is 2. The Labute approximate surface area is 105 Å². The fourth-order valence-corrected chi connectivity index (χ4v) is 3.56. The van der Waals surface area contributed by atoms with E-state index in [0.29, 0.717) is 5.92 Å². The first-order valence-corrected chi connectivity index (χ1v) is 7.18. The highest BCUT2D eigenvalue weighted by Crippen LogP contribution is 2.31. The van der Waals surface area contributed by atoms with Gasteiger partial charge in [-0.3, -0.25) is 0 Å². The second-order valence-electron chi connectivity index (χ2n) is 6.24. The second kappa shape index (κ2) is 5.68. The molecule has 100 valence electrons. The molecule has 2 aliphatic rings. The quantitative estimate of drug-likeness (QED) is 0.788. The Kier molecular flexibility index (Phi) is 4.45. The van der Waals surface area contributed by atoms with Crippen molar-refractivity contribution in [3.8, 4) is 0 Å². The summed E-state index contributed by atoms with van der Waals surface area (Å²) in [6, 6.07) is 0. The Hall–Kier alpha value is -0.120. The van der Waals surface area contributed by atoms with Gasteiger partial charge in [-0.2, -0.15) is 0 Å². The normalized spacial score (nSPS) is 33.2. The van der Waals surface area contributed by atoms with Crippen molar-refractivity contribution in [2.75, 3.05) is 20.1 Å². The van der Waals surface area contributed by atoms with Crippen LogP contribution in [-0.4, -0.2) is 47.0 Å². The largest absolute Gasteiger partial charge is 0.393 e. The first-order chi connectivity index (χ1) is 8.09. The molecule has 0 bridgehead atoms. The van der Waals surface area contributed by atoms with Gasteiger partial charge in [0.1, 0.15) is 0 Å². The Morgan fingerprint density at radius 1 is 1.12 bits per heavy atom. The molecule has 0 radical (unpaired) electrons. The molecular weight excluding hydrogens is 214 g/mol. The number of aliphatic hydroxyl groups is 2. The maximum absolute atomic E-state index is 10.4. The van der Waals surface area contributed by atoms with Crippen molar-refractivity contribution in [1.82, 2.24) is 4.90 Å². The van der Waals surface area contributed by atoms with Crippen molar-refractivity contribution in [2.24, 2.45) is 5.92 Å². The molecule has 0 heterocycles. The molecular formula is C14H27NO2. The van der Waals surface area contributed by atoms with Gasteiger partial charge in [-0.1, -0.05) is 25.7 Å². The number of rotatable bonds is 4. The zero-order valence-electron chi connectivity index (χ0n) is 11.1. The highest BCUT2D eigenvalue weighted by molar-refractivity contribution is 4.87. The average molecular weight is 241 g/mol. The van der Waals surface area contributed by atoms with Gasteiger partial charge in [0.2, 0.25) is 0 Å². The lowest BCUT2D eigenvalue weighted by molar-refractivity contribution is -0.00275. The highest BCUT2D eigenvalue weighted by atomic mass is 16.3. The zero-order valence-corrected chi connectivity index (χ0v) is 11.1. The van der Waals surface area contributed by atoms with Crippen LogP contribution in [0.1, 0.15) is 51.4 Å². The summed E-state index contributed by atoms with van der Waals surface area (Å²) < 4.78 is 0. The van der Waals surface area contributed by atoms with Crippen molar-refractivity contribution in [2.45, 2.75) is 63.1 Å². The summed E-state index contributed by atoms with van der Waals surface area (Å²) in [4.78, 5) is 2.23. The Balaban J connectivity index is 1.77.